The van der Waals surface area contributed by atoms with Gasteiger partial charge in [0, 0.05) is 16.5 Å². The van der Waals surface area contributed by atoms with Crippen LogP contribution in [0.4, 0.5) is 0 Å². The van der Waals surface area contributed by atoms with Crippen molar-refractivity contribution < 1.29 is 0 Å². The first-order valence-corrected chi connectivity index (χ1v) is 5.73. The van der Waals surface area contributed by atoms with Gasteiger partial charge in [-0.1, -0.05) is 34.1 Å². The lowest BCUT2D eigenvalue weighted by atomic mass is 9.78. The molecule has 0 fully saturated rings. The van der Waals surface area contributed by atoms with Gasteiger partial charge in [0.25, 0.3) is 0 Å². The highest BCUT2D eigenvalue weighted by Gasteiger charge is 2.28. The summed E-state index contributed by atoms with van der Waals surface area (Å²) in [5, 5.41) is 1.17. The minimum absolute atomic E-state index is 0.278. The number of rotatable bonds is 3. The maximum atomic E-state index is 4.32. The fraction of sp³-hybridized carbons (Fsp3) is 0.727. The second kappa shape index (κ2) is 3.79. The molecule has 1 heterocycles. The fourth-order valence-electron chi connectivity index (χ4n) is 1.41. The molecule has 2 heteroatoms. The molecule has 0 bridgehead atoms. The van der Waals surface area contributed by atoms with Gasteiger partial charge >= 0.3 is 0 Å². The molecule has 0 aliphatic rings. The first kappa shape index (κ1) is 10.7. The fourth-order valence-corrected chi connectivity index (χ4v) is 2.41. The van der Waals surface area contributed by atoms with Crippen molar-refractivity contribution in [3.63, 3.8) is 0 Å². The van der Waals surface area contributed by atoms with E-state index in [0.29, 0.717) is 5.92 Å². The standard InChI is InChI=1S/C11H19NS/c1-6-8(2)11(4,5)10-7-12-9(3)13-10/h7-8H,6H2,1-5H3. The average Bonchev–Trinajstić information content (AvgIpc) is 2.50. The van der Waals surface area contributed by atoms with Crippen molar-refractivity contribution in [3.05, 3.63) is 16.1 Å². The van der Waals surface area contributed by atoms with E-state index in [-0.39, 0.29) is 5.41 Å². The summed E-state index contributed by atoms with van der Waals surface area (Å²) >= 11 is 1.83. The first-order chi connectivity index (χ1) is 5.98. The maximum Gasteiger partial charge on any atom is 0.0896 e. The summed E-state index contributed by atoms with van der Waals surface area (Å²) in [6.07, 6.45) is 3.26. The molecule has 0 aliphatic carbocycles. The van der Waals surface area contributed by atoms with Crippen LogP contribution < -0.4 is 0 Å². The molecule has 0 saturated heterocycles. The van der Waals surface area contributed by atoms with E-state index >= 15 is 0 Å². The molecule has 0 N–H and O–H groups in total. The van der Waals surface area contributed by atoms with E-state index in [4.69, 9.17) is 0 Å². The van der Waals surface area contributed by atoms with Crippen LogP contribution in [0.1, 0.15) is 44.0 Å². The second-order valence-electron chi connectivity index (χ2n) is 4.27. The summed E-state index contributed by atoms with van der Waals surface area (Å²) in [6, 6.07) is 0. The summed E-state index contributed by atoms with van der Waals surface area (Å²) in [7, 11) is 0. The lowest BCUT2D eigenvalue weighted by Crippen LogP contribution is -2.24. The summed E-state index contributed by atoms with van der Waals surface area (Å²) in [6.45, 7) is 11.3. The first-order valence-electron chi connectivity index (χ1n) is 4.91. The topological polar surface area (TPSA) is 12.9 Å². The third-order valence-corrected chi connectivity index (χ3v) is 4.35. The van der Waals surface area contributed by atoms with E-state index in [2.05, 4.69) is 39.6 Å². The molecule has 0 aliphatic heterocycles. The summed E-state index contributed by atoms with van der Waals surface area (Å²) in [5.41, 5.74) is 0.278. The highest BCUT2D eigenvalue weighted by atomic mass is 32.1. The van der Waals surface area contributed by atoms with E-state index in [9.17, 15) is 0 Å². The molecule has 0 radical (unpaired) electrons. The monoisotopic (exact) mass is 197 g/mol. The number of nitrogens with zero attached hydrogens (tertiary/aromatic N) is 1. The molecule has 1 aromatic heterocycles. The number of thiazole rings is 1. The normalized spacial score (nSPS) is 14.5. The van der Waals surface area contributed by atoms with E-state index in [1.54, 1.807) is 0 Å². The zero-order chi connectivity index (χ0) is 10.1. The third kappa shape index (κ3) is 2.11. The molecule has 1 aromatic rings. The van der Waals surface area contributed by atoms with Crippen molar-refractivity contribution in [2.45, 2.75) is 46.5 Å². The molecule has 74 valence electrons. The Kier molecular flexibility index (Phi) is 3.12. The molecule has 0 spiro atoms. The number of hydrogen-bond donors (Lipinski definition) is 0. The third-order valence-electron chi connectivity index (χ3n) is 3.10. The maximum absolute atomic E-state index is 4.32. The highest BCUT2D eigenvalue weighted by Crippen LogP contribution is 2.36. The molecule has 0 saturated carbocycles. The van der Waals surface area contributed by atoms with Crippen LogP contribution in [-0.4, -0.2) is 4.98 Å². The number of aromatic nitrogens is 1. The predicted octanol–water partition coefficient (Wildman–Crippen LogP) is 3.78. The van der Waals surface area contributed by atoms with Crippen LogP contribution in [0, 0.1) is 12.8 Å². The van der Waals surface area contributed by atoms with Crippen LogP contribution in [0.3, 0.4) is 0 Å². The van der Waals surface area contributed by atoms with E-state index in [0.717, 1.165) is 0 Å². The summed E-state index contributed by atoms with van der Waals surface area (Å²) in [5.74, 6) is 0.715. The van der Waals surface area contributed by atoms with Gasteiger partial charge in [-0.15, -0.1) is 11.3 Å². The lowest BCUT2D eigenvalue weighted by Gasteiger charge is -2.29. The highest BCUT2D eigenvalue weighted by molar-refractivity contribution is 7.11. The van der Waals surface area contributed by atoms with Crippen molar-refractivity contribution in [2.24, 2.45) is 5.92 Å². The van der Waals surface area contributed by atoms with Crippen LogP contribution in [-0.2, 0) is 5.41 Å². The van der Waals surface area contributed by atoms with Gasteiger partial charge in [-0.25, -0.2) is 4.98 Å². The Hall–Kier alpha value is -0.370. The number of hydrogen-bond acceptors (Lipinski definition) is 2. The Labute approximate surface area is 85.2 Å². The van der Waals surface area contributed by atoms with E-state index in [1.165, 1.54) is 16.3 Å². The van der Waals surface area contributed by atoms with Gasteiger partial charge in [0.1, 0.15) is 0 Å². The van der Waals surface area contributed by atoms with Crippen LogP contribution in [0.5, 0.6) is 0 Å². The molecular formula is C11H19NS. The molecule has 1 nitrogen and oxygen atoms in total. The molecular weight excluding hydrogens is 178 g/mol. The minimum atomic E-state index is 0.278. The van der Waals surface area contributed by atoms with Gasteiger partial charge in [0.05, 0.1) is 5.01 Å². The van der Waals surface area contributed by atoms with Crippen LogP contribution in [0.15, 0.2) is 6.20 Å². The van der Waals surface area contributed by atoms with Gasteiger partial charge in [0.2, 0.25) is 0 Å². The quantitative estimate of drug-likeness (QED) is 0.718. The van der Waals surface area contributed by atoms with E-state index < -0.39 is 0 Å². The van der Waals surface area contributed by atoms with Crippen molar-refractivity contribution in [1.82, 2.24) is 4.98 Å². The van der Waals surface area contributed by atoms with Gasteiger partial charge in [-0.05, 0) is 12.8 Å². The summed E-state index contributed by atoms with van der Waals surface area (Å²) < 4.78 is 0. The van der Waals surface area contributed by atoms with Gasteiger partial charge < -0.3 is 0 Å². The van der Waals surface area contributed by atoms with E-state index in [1.807, 2.05) is 17.5 Å². The average molecular weight is 197 g/mol. The Morgan fingerprint density at radius 2 is 2.15 bits per heavy atom. The lowest BCUT2D eigenvalue weighted by molar-refractivity contribution is 0.340. The smallest absolute Gasteiger partial charge is 0.0896 e. The molecule has 13 heavy (non-hydrogen) atoms. The SMILES string of the molecule is CCC(C)C(C)(C)c1cnc(C)s1. The van der Waals surface area contributed by atoms with Crippen molar-refractivity contribution in [3.8, 4) is 0 Å². The van der Waals surface area contributed by atoms with Gasteiger partial charge in [-0.2, -0.15) is 0 Å². The molecule has 0 aromatic carbocycles. The Morgan fingerprint density at radius 3 is 2.54 bits per heavy atom. The molecule has 1 unspecified atom stereocenters. The molecule has 1 rings (SSSR count). The Balaban J connectivity index is 2.92. The van der Waals surface area contributed by atoms with Crippen molar-refractivity contribution in [1.29, 1.82) is 0 Å². The van der Waals surface area contributed by atoms with Crippen LogP contribution in [0.25, 0.3) is 0 Å². The Bertz CT molecular complexity index is 275. The molecule has 1 atom stereocenters. The zero-order valence-electron chi connectivity index (χ0n) is 9.22. The Morgan fingerprint density at radius 1 is 1.54 bits per heavy atom. The van der Waals surface area contributed by atoms with Crippen LogP contribution in [0.2, 0.25) is 0 Å². The van der Waals surface area contributed by atoms with Crippen LogP contribution >= 0.6 is 11.3 Å². The number of aryl methyl sites for hydroxylation is 1. The summed E-state index contributed by atoms with van der Waals surface area (Å²) in [4.78, 5) is 5.73. The predicted molar refractivity (Wildman–Crippen MR) is 59.3 cm³/mol. The second-order valence-corrected chi connectivity index (χ2v) is 5.51. The minimum Gasteiger partial charge on any atom is -0.250 e. The van der Waals surface area contributed by atoms with Gasteiger partial charge in [0.15, 0.2) is 0 Å². The largest absolute Gasteiger partial charge is 0.250 e. The molecule has 0 amide bonds. The zero-order valence-corrected chi connectivity index (χ0v) is 10.0. The van der Waals surface area contributed by atoms with Crippen molar-refractivity contribution in [2.75, 3.05) is 0 Å². The van der Waals surface area contributed by atoms with Crippen molar-refractivity contribution >= 4 is 11.3 Å². The van der Waals surface area contributed by atoms with Gasteiger partial charge in [-0.3, -0.25) is 0 Å².